The molecule has 6 nitrogen and oxygen atoms in total. The molecule has 0 aliphatic carbocycles. The molecule has 28 heavy (non-hydrogen) atoms. The van der Waals surface area contributed by atoms with Crippen LogP contribution in [-0.4, -0.2) is 22.6 Å². The number of carbonyl (C=O) groups is 1. The Kier molecular flexibility index (Phi) is 5.04. The molecule has 6 heteroatoms. The zero-order valence-electron chi connectivity index (χ0n) is 15.9. The van der Waals surface area contributed by atoms with Crippen molar-refractivity contribution in [2.45, 2.75) is 26.1 Å². The second-order valence-electron chi connectivity index (χ2n) is 6.93. The predicted octanol–water partition coefficient (Wildman–Crippen LogP) is 3.30. The Labute approximate surface area is 163 Å². The first-order valence-electron chi connectivity index (χ1n) is 9.35. The number of methoxy groups -OCH3 is 1. The van der Waals surface area contributed by atoms with Crippen molar-refractivity contribution in [1.29, 1.82) is 0 Å². The van der Waals surface area contributed by atoms with Gasteiger partial charge < -0.3 is 25.3 Å². The van der Waals surface area contributed by atoms with Gasteiger partial charge in [0.2, 0.25) is 5.91 Å². The van der Waals surface area contributed by atoms with Crippen molar-refractivity contribution in [3.05, 3.63) is 66.0 Å². The largest absolute Gasteiger partial charge is 0.497 e. The van der Waals surface area contributed by atoms with Crippen molar-refractivity contribution in [2.24, 2.45) is 5.73 Å². The Morgan fingerprint density at radius 2 is 2.04 bits per heavy atom. The molecule has 2 heterocycles. The van der Waals surface area contributed by atoms with Crippen LogP contribution in [0, 0.1) is 0 Å². The molecule has 0 aliphatic heterocycles. The van der Waals surface area contributed by atoms with Gasteiger partial charge in [-0.3, -0.25) is 4.79 Å². The summed E-state index contributed by atoms with van der Waals surface area (Å²) in [7, 11) is 1.68. The topological polar surface area (TPSA) is 85.1 Å². The van der Waals surface area contributed by atoms with Gasteiger partial charge in [0.05, 0.1) is 7.11 Å². The van der Waals surface area contributed by atoms with Crippen molar-refractivity contribution in [1.82, 2.24) is 14.9 Å². The van der Waals surface area contributed by atoms with Crippen LogP contribution < -0.4 is 15.8 Å². The number of aryl methyl sites for hydroxylation is 1. The number of ether oxygens (including phenoxy) is 1. The molecule has 0 radical (unpaired) electrons. The number of fused-ring (bicyclic) bond motifs is 2. The van der Waals surface area contributed by atoms with Gasteiger partial charge in [-0.05, 0) is 35.9 Å². The maximum Gasteiger partial charge on any atom is 0.219 e. The molecule has 0 saturated heterocycles. The number of aromatic nitrogens is 2. The highest BCUT2D eigenvalue weighted by atomic mass is 16.5. The SMILES string of the molecule is COc1ccc2[nH]c(CNCc3cn(CCC(N)=O)c4ccccc34)cc2c1. The Morgan fingerprint density at radius 3 is 2.86 bits per heavy atom. The summed E-state index contributed by atoms with van der Waals surface area (Å²) < 4.78 is 7.39. The molecular weight excluding hydrogens is 352 g/mol. The highest BCUT2D eigenvalue weighted by molar-refractivity contribution is 5.84. The minimum Gasteiger partial charge on any atom is -0.497 e. The summed E-state index contributed by atoms with van der Waals surface area (Å²) in [4.78, 5) is 14.6. The predicted molar refractivity (Wildman–Crippen MR) is 111 cm³/mol. The van der Waals surface area contributed by atoms with Crippen LogP contribution in [0.4, 0.5) is 0 Å². The van der Waals surface area contributed by atoms with Crippen molar-refractivity contribution in [3.8, 4) is 5.75 Å². The fourth-order valence-electron chi connectivity index (χ4n) is 3.60. The average Bonchev–Trinajstić information content (AvgIpc) is 3.27. The Morgan fingerprint density at radius 1 is 1.18 bits per heavy atom. The Bertz CT molecular complexity index is 1130. The molecule has 0 atom stereocenters. The third kappa shape index (κ3) is 3.73. The van der Waals surface area contributed by atoms with Crippen molar-refractivity contribution < 1.29 is 9.53 Å². The van der Waals surface area contributed by atoms with Crippen LogP contribution in [0.25, 0.3) is 21.8 Å². The van der Waals surface area contributed by atoms with Gasteiger partial charge in [0, 0.05) is 59.8 Å². The number of carbonyl (C=O) groups excluding carboxylic acids is 1. The monoisotopic (exact) mass is 376 g/mol. The van der Waals surface area contributed by atoms with Crippen LogP contribution in [0.1, 0.15) is 17.7 Å². The van der Waals surface area contributed by atoms with Gasteiger partial charge in [0.1, 0.15) is 5.75 Å². The zero-order valence-corrected chi connectivity index (χ0v) is 15.9. The van der Waals surface area contributed by atoms with E-state index in [2.05, 4.69) is 39.3 Å². The molecule has 2 aromatic carbocycles. The number of hydrogen-bond acceptors (Lipinski definition) is 3. The van der Waals surface area contributed by atoms with Gasteiger partial charge in [-0.2, -0.15) is 0 Å². The number of aromatic amines is 1. The van der Waals surface area contributed by atoms with E-state index in [1.54, 1.807) is 7.11 Å². The molecule has 0 aliphatic rings. The number of nitrogens with zero attached hydrogens (tertiary/aromatic N) is 1. The normalized spacial score (nSPS) is 11.3. The number of nitrogens with two attached hydrogens (primary N) is 1. The van der Waals surface area contributed by atoms with Crippen LogP contribution in [0.2, 0.25) is 0 Å². The number of amides is 1. The lowest BCUT2D eigenvalue weighted by Gasteiger charge is -2.02. The maximum atomic E-state index is 11.1. The van der Waals surface area contributed by atoms with Gasteiger partial charge in [-0.25, -0.2) is 0 Å². The van der Waals surface area contributed by atoms with Crippen molar-refractivity contribution >= 4 is 27.7 Å². The minimum atomic E-state index is -0.284. The highest BCUT2D eigenvalue weighted by Crippen LogP contribution is 2.23. The van der Waals surface area contributed by atoms with E-state index < -0.39 is 0 Å². The molecule has 0 fully saturated rings. The molecule has 0 spiro atoms. The Hall–Kier alpha value is -3.25. The van der Waals surface area contributed by atoms with Crippen LogP contribution in [0.3, 0.4) is 0 Å². The minimum absolute atomic E-state index is 0.284. The van der Waals surface area contributed by atoms with Gasteiger partial charge in [0.25, 0.3) is 0 Å². The number of benzene rings is 2. The van der Waals surface area contributed by atoms with Gasteiger partial charge in [-0.15, -0.1) is 0 Å². The number of primary amides is 1. The molecule has 4 N–H and O–H groups in total. The zero-order chi connectivity index (χ0) is 19.5. The van der Waals surface area contributed by atoms with Crippen molar-refractivity contribution in [3.63, 3.8) is 0 Å². The number of hydrogen-bond donors (Lipinski definition) is 3. The lowest BCUT2D eigenvalue weighted by Crippen LogP contribution is -2.14. The smallest absolute Gasteiger partial charge is 0.219 e. The summed E-state index contributed by atoms with van der Waals surface area (Å²) in [5, 5.41) is 5.84. The van der Waals surface area contributed by atoms with E-state index in [4.69, 9.17) is 10.5 Å². The summed E-state index contributed by atoms with van der Waals surface area (Å²) in [5.41, 5.74) is 9.86. The number of para-hydroxylation sites is 1. The summed E-state index contributed by atoms with van der Waals surface area (Å²) in [6.07, 6.45) is 2.45. The van der Waals surface area contributed by atoms with E-state index in [0.29, 0.717) is 13.0 Å². The number of nitrogens with one attached hydrogen (secondary N) is 2. The molecule has 4 rings (SSSR count). The molecule has 0 bridgehead atoms. The Balaban J connectivity index is 1.47. The van der Waals surface area contributed by atoms with Crippen LogP contribution in [-0.2, 0) is 24.4 Å². The molecule has 2 aromatic heterocycles. The van der Waals surface area contributed by atoms with E-state index in [1.807, 2.05) is 30.3 Å². The molecule has 0 saturated carbocycles. The first kappa shape index (κ1) is 18.1. The van der Waals surface area contributed by atoms with E-state index in [-0.39, 0.29) is 5.91 Å². The quantitative estimate of drug-likeness (QED) is 0.441. The summed E-state index contributed by atoms with van der Waals surface area (Å²) in [5.74, 6) is 0.572. The summed E-state index contributed by atoms with van der Waals surface area (Å²) in [6, 6.07) is 16.4. The molecule has 4 aromatic rings. The highest BCUT2D eigenvalue weighted by Gasteiger charge is 2.09. The van der Waals surface area contributed by atoms with E-state index >= 15 is 0 Å². The average molecular weight is 376 g/mol. The third-order valence-corrected chi connectivity index (χ3v) is 4.98. The lowest BCUT2D eigenvalue weighted by atomic mass is 10.2. The lowest BCUT2D eigenvalue weighted by molar-refractivity contribution is -0.118. The van der Waals surface area contributed by atoms with Gasteiger partial charge in [0.15, 0.2) is 0 Å². The van der Waals surface area contributed by atoms with E-state index in [1.165, 1.54) is 10.9 Å². The molecular formula is C22H24N4O2. The first-order valence-corrected chi connectivity index (χ1v) is 9.35. The van der Waals surface area contributed by atoms with Gasteiger partial charge >= 0.3 is 0 Å². The van der Waals surface area contributed by atoms with Crippen LogP contribution in [0.15, 0.2) is 54.7 Å². The van der Waals surface area contributed by atoms with Crippen LogP contribution in [0.5, 0.6) is 5.75 Å². The van der Waals surface area contributed by atoms with Crippen molar-refractivity contribution in [2.75, 3.05) is 7.11 Å². The van der Waals surface area contributed by atoms with E-state index in [0.717, 1.165) is 41.0 Å². The third-order valence-electron chi connectivity index (χ3n) is 4.98. The first-order chi connectivity index (χ1) is 13.6. The fraction of sp³-hybridized carbons (Fsp3) is 0.227. The summed E-state index contributed by atoms with van der Waals surface area (Å²) in [6.45, 7) is 2.07. The number of H-pyrrole nitrogens is 1. The van der Waals surface area contributed by atoms with Gasteiger partial charge in [-0.1, -0.05) is 18.2 Å². The molecule has 144 valence electrons. The van der Waals surface area contributed by atoms with E-state index in [9.17, 15) is 4.79 Å². The number of rotatable bonds is 8. The molecule has 1 amide bonds. The van der Waals surface area contributed by atoms with Crippen LogP contribution >= 0.6 is 0 Å². The second-order valence-corrected chi connectivity index (χ2v) is 6.93. The standard InChI is InChI=1S/C22H24N4O2/c1-28-18-6-7-20-15(11-18)10-17(25-20)13-24-12-16-14-26(9-8-22(23)27)21-5-3-2-4-19(16)21/h2-7,10-11,14,24-25H,8-9,12-13H2,1H3,(H2,23,27). The maximum absolute atomic E-state index is 11.1. The summed E-state index contributed by atoms with van der Waals surface area (Å²) >= 11 is 0. The fourth-order valence-corrected chi connectivity index (χ4v) is 3.60. The molecule has 0 unspecified atom stereocenters. The second kappa shape index (κ2) is 7.78.